The molecular formula is C14H21N3OS. The number of aromatic nitrogens is 2. The van der Waals surface area contributed by atoms with Gasteiger partial charge in [0, 0.05) is 24.8 Å². The maximum Gasteiger partial charge on any atom is 0.145 e. The van der Waals surface area contributed by atoms with Gasteiger partial charge in [-0.05, 0) is 43.4 Å². The fraction of sp³-hybridized carbons (Fsp3) is 0.714. The van der Waals surface area contributed by atoms with Gasteiger partial charge in [-0.15, -0.1) is 0 Å². The molecule has 104 valence electrons. The fourth-order valence-electron chi connectivity index (χ4n) is 3.02. The number of rotatable bonds is 2. The third-order valence-electron chi connectivity index (χ3n) is 4.21. The van der Waals surface area contributed by atoms with Gasteiger partial charge < -0.3 is 10.5 Å². The fourth-order valence-corrected chi connectivity index (χ4v) is 4.40. The molecule has 3 heterocycles. The van der Waals surface area contributed by atoms with Crippen molar-refractivity contribution in [3.8, 4) is 0 Å². The van der Waals surface area contributed by atoms with Gasteiger partial charge in [-0.2, -0.15) is 11.8 Å². The molecule has 0 aliphatic carbocycles. The number of ether oxygens (including phenoxy) is 1. The van der Waals surface area contributed by atoms with Crippen LogP contribution in [-0.2, 0) is 4.74 Å². The molecule has 0 aromatic carbocycles. The third kappa shape index (κ3) is 2.78. The SMILES string of the molecule is Cc1cnc(C(N)C2CCOC3(CCSC3)C2)nc1. The van der Waals surface area contributed by atoms with Crippen LogP contribution in [0, 0.1) is 12.8 Å². The first kappa shape index (κ1) is 13.3. The zero-order chi connectivity index (χ0) is 13.3. The van der Waals surface area contributed by atoms with E-state index in [4.69, 9.17) is 10.5 Å². The Labute approximate surface area is 118 Å². The molecule has 2 saturated heterocycles. The van der Waals surface area contributed by atoms with Crippen LogP contribution in [0.2, 0.25) is 0 Å². The monoisotopic (exact) mass is 279 g/mol. The quantitative estimate of drug-likeness (QED) is 0.898. The molecule has 2 N–H and O–H groups in total. The topological polar surface area (TPSA) is 61.0 Å². The molecule has 0 amide bonds. The molecule has 19 heavy (non-hydrogen) atoms. The molecule has 4 nitrogen and oxygen atoms in total. The van der Waals surface area contributed by atoms with Crippen molar-refractivity contribution < 1.29 is 4.74 Å². The molecule has 5 heteroatoms. The van der Waals surface area contributed by atoms with E-state index in [-0.39, 0.29) is 11.6 Å². The largest absolute Gasteiger partial charge is 0.374 e. The summed E-state index contributed by atoms with van der Waals surface area (Å²) in [5, 5.41) is 0. The average molecular weight is 279 g/mol. The van der Waals surface area contributed by atoms with Gasteiger partial charge in [-0.1, -0.05) is 0 Å². The van der Waals surface area contributed by atoms with E-state index in [0.29, 0.717) is 5.92 Å². The van der Waals surface area contributed by atoms with Gasteiger partial charge in [-0.3, -0.25) is 0 Å². The van der Waals surface area contributed by atoms with Crippen LogP contribution < -0.4 is 5.73 Å². The first-order valence-corrected chi connectivity index (χ1v) is 8.10. The van der Waals surface area contributed by atoms with E-state index < -0.39 is 0 Å². The molecule has 1 aromatic heterocycles. The maximum atomic E-state index is 6.38. The first-order chi connectivity index (χ1) is 9.19. The second-order valence-electron chi connectivity index (χ2n) is 5.73. The minimum absolute atomic E-state index is 0.0630. The van der Waals surface area contributed by atoms with Crippen LogP contribution in [0.15, 0.2) is 12.4 Å². The van der Waals surface area contributed by atoms with Crippen molar-refractivity contribution in [1.82, 2.24) is 9.97 Å². The summed E-state index contributed by atoms with van der Waals surface area (Å²) >= 11 is 1.99. The summed E-state index contributed by atoms with van der Waals surface area (Å²) in [5.74, 6) is 3.54. The van der Waals surface area contributed by atoms with Crippen LogP contribution in [0.4, 0.5) is 0 Å². The van der Waals surface area contributed by atoms with Crippen molar-refractivity contribution in [1.29, 1.82) is 0 Å². The number of hydrogen-bond acceptors (Lipinski definition) is 5. The van der Waals surface area contributed by atoms with Crippen molar-refractivity contribution >= 4 is 11.8 Å². The minimum atomic E-state index is -0.0630. The Morgan fingerprint density at radius 2 is 2.26 bits per heavy atom. The predicted octanol–water partition coefficient (Wildman–Crippen LogP) is 2.09. The van der Waals surface area contributed by atoms with Gasteiger partial charge in [0.25, 0.3) is 0 Å². The second kappa shape index (κ2) is 5.38. The lowest BCUT2D eigenvalue weighted by Crippen LogP contribution is -2.43. The average Bonchev–Trinajstić information content (AvgIpc) is 2.87. The van der Waals surface area contributed by atoms with E-state index in [0.717, 1.165) is 43.0 Å². The van der Waals surface area contributed by atoms with Gasteiger partial charge in [0.15, 0.2) is 0 Å². The lowest BCUT2D eigenvalue weighted by molar-refractivity contribution is -0.0838. The lowest BCUT2D eigenvalue weighted by Gasteiger charge is -2.39. The Kier molecular flexibility index (Phi) is 3.78. The van der Waals surface area contributed by atoms with Gasteiger partial charge in [0.05, 0.1) is 11.6 Å². The van der Waals surface area contributed by atoms with E-state index >= 15 is 0 Å². The Bertz CT molecular complexity index is 431. The molecule has 3 atom stereocenters. The molecule has 2 aliphatic rings. The first-order valence-electron chi connectivity index (χ1n) is 6.94. The molecule has 0 radical (unpaired) electrons. The van der Waals surface area contributed by atoms with E-state index in [1.54, 1.807) is 0 Å². The summed E-state index contributed by atoms with van der Waals surface area (Å²) < 4.78 is 6.04. The number of nitrogens with zero attached hydrogens (tertiary/aromatic N) is 2. The van der Waals surface area contributed by atoms with Crippen molar-refractivity contribution in [2.24, 2.45) is 11.7 Å². The van der Waals surface area contributed by atoms with Crippen LogP contribution >= 0.6 is 11.8 Å². The third-order valence-corrected chi connectivity index (χ3v) is 5.43. The predicted molar refractivity (Wildman–Crippen MR) is 77.0 cm³/mol. The van der Waals surface area contributed by atoms with Crippen LogP contribution in [-0.4, -0.2) is 33.7 Å². The lowest BCUT2D eigenvalue weighted by atomic mass is 9.81. The van der Waals surface area contributed by atoms with Crippen LogP contribution in [0.3, 0.4) is 0 Å². The summed E-state index contributed by atoms with van der Waals surface area (Å²) in [6.07, 6.45) is 6.93. The highest BCUT2D eigenvalue weighted by molar-refractivity contribution is 7.99. The van der Waals surface area contributed by atoms with E-state index in [1.165, 1.54) is 5.75 Å². The van der Waals surface area contributed by atoms with Crippen LogP contribution in [0.1, 0.15) is 36.7 Å². The molecule has 1 spiro atoms. The normalized spacial score (nSPS) is 32.6. The maximum absolute atomic E-state index is 6.38. The molecule has 0 saturated carbocycles. The van der Waals surface area contributed by atoms with Gasteiger partial charge in [0.1, 0.15) is 5.82 Å². The summed E-state index contributed by atoms with van der Waals surface area (Å²) in [6.45, 7) is 2.82. The Morgan fingerprint density at radius 3 is 2.95 bits per heavy atom. The molecule has 3 unspecified atom stereocenters. The number of hydrogen-bond donors (Lipinski definition) is 1. The van der Waals surface area contributed by atoms with E-state index in [1.807, 2.05) is 31.1 Å². The standard InChI is InChI=1S/C14H21N3OS/c1-10-7-16-13(17-8-10)12(15)11-2-4-18-14(6-11)3-5-19-9-14/h7-8,11-12H,2-6,9,15H2,1H3. The number of thioether (sulfide) groups is 1. The Morgan fingerprint density at radius 1 is 1.47 bits per heavy atom. The molecule has 1 aromatic rings. The van der Waals surface area contributed by atoms with Crippen LogP contribution in [0.5, 0.6) is 0 Å². The van der Waals surface area contributed by atoms with Crippen molar-refractivity contribution in [2.45, 2.75) is 37.8 Å². The molecule has 2 fully saturated rings. The zero-order valence-electron chi connectivity index (χ0n) is 11.3. The van der Waals surface area contributed by atoms with Crippen molar-refractivity contribution in [3.63, 3.8) is 0 Å². The summed E-state index contributed by atoms with van der Waals surface area (Å²) in [6, 6.07) is -0.0630. The smallest absolute Gasteiger partial charge is 0.145 e. The van der Waals surface area contributed by atoms with E-state index in [9.17, 15) is 0 Å². The van der Waals surface area contributed by atoms with Crippen LogP contribution in [0.25, 0.3) is 0 Å². The molecule has 3 rings (SSSR count). The molecule has 0 bridgehead atoms. The highest BCUT2D eigenvalue weighted by Crippen LogP contribution is 2.42. The van der Waals surface area contributed by atoms with Crippen molar-refractivity contribution in [2.75, 3.05) is 18.1 Å². The number of nitrogens with two attached hydrogens (primary N) is 1. The van der Waals surface area contributed by atoms with Gasteiger partial charge in [-0.25, -0.2) is 9.97 Å². The summed E-state index contributed by atoms with van der Waals surface area (Å²) in [4.78, 5) is 8.77. The Balaban J connectivity index is 1.72. The summed E-state index contributed by atoms with van der Waals surface area (Å²) in [7, 11) is 0. The van der Waals surface area contributed by atoms with Gasteiger partial charge >= 0.3 is 0 Å². The Hall–Kier alpha value is -0.650. The molecule has 2 aliphatic heterocycles. The van der Waals surface area contributed by atoms with E-state index in [2.05, 4.69) is 9.97 Å². The highest BCUT2D eigenvalue weighted by Gasteiger charge is 2.42. The minimum Gasteiger partial charge on any atom is -0.374 e. The van der Waals surface area contributed by atoms with Crippen molar-refractivity contribution in [3.05, 3.63) is 23.8 Å². The zero-order valence-corrected chi connectivity index (χ0v) is 12.2. The summed E-state index contributed by atoms with van der Waals surface area (Å²) in [5.41, 5.74) is 7.54. The van der Waals surface area contributed by atoms with Gasteiger partial charge in [0.2, 0.25) is 0 Å². The second-order valence-corrected chi connectivity index (χ2v) is 6.84. The number of aryl methyl sites for hydroxylation is 1. The highest BCUT2D eigenvalue weighted by atomic mass is 32.2. The molecular weight excluding hydrogens is 258 g/mol.